The van der Waals surface area contributed by atoms with Crippen LogP contribution < -0.4 is 9.64 Å². The smallest absolute Gasteiger partial charge is 0.140 e. The lowest BCUT2D eigenvalue weighted by molar-refractivity contribution is 0.441. The van der Waals surface area contributed by atoms with Crippen LogP contribution in [0.4, 0.5) is 17.1 Å². The molecular weight excluding hydrogens is 691 g/mol. The summed E-state index contributed by atoms with van der Waals surface area (Å²) in [6.07, 6.45) is 0. The standard InChI is InChI=1S/C55H35NO/c1-2-18-39(19-3-1)56(40-31-29-36-15-4-5-17-38(36)35-40)51-34-32-43(42-21-8-9-22-44(42)51)45-24-14-27-49-53(45)46-23-10-11-25-47(46)55(49)48-26-12-13-28-52(48)57-54-41-20-7-6-16-37(41)30-33-50(54)55/h1-35H. The van der Waals surface area contributed by atoms with Crippen molar-refractivity contribution in [2.24, 2.45) is 0 Å². The molecule has 1 unspecified atom stereocenters. The predicted molar refractivity (Wildman–Crippen MR) is 236 cm³/mol. The van der Waals surface area contributed by atoms with Gasteiger partial charge in [-0.1, -0.05) is 176 Å². The van der Waals surface area contributed by atoms with Gasteiger partial charge in [0.1, 0.15) is 11.5 Å². The van der Waals surface area contributed by atoms with Gasteiger partial charge < -0.3 is 9.64 Å². The maximum atomic E-state index is 6.91. The fraction of sp³-hybridized carbons (Fsp3) is 0.0182. The van der Waals surface area contributed by atoms with Crippen LogP contribution in [-0.4, -0.2) is 0 Å². The topological polar surface area (TPSA) is 12.5 Å². The maximum absolute atomic E-state index is 6.91. The van der Waals surface area contributed by atoms with E-state index in [9.17, 15) is 0 Å². The number of rotatable bonds is 4. The van der Waals surface area contributed by atoms with Gasteiger partial charge in [-0.05, 0) is 91.3 Å². The molecule has 2 heteroatoms. The number of nitrogens with zero attached hydrogens (tertiary/aromatic N) is 1. The number of ether oxygens (including phenoxy) is 1. The van der Waals surface area contributed by atoms with Crippen molar-refractivity contribution in [3.63, 3.8) is 0 Å². The van der Waals surface area contributed by atoms with Gasteiger partial charge in [0.15, 0.2) is 0 Å². The summed E-state index contributed by atoms with van der Waals surface area (Å²) < 4.78 is 6.91. The fourth-order valence-corrected chi connectivity index (χ4v) is 9.93. The van der Waals surface area contributed by atoms with E-state index in [-0.39, 0.29) is 0 Å². The van der Waals surface area contributed by atoms with Gasteiger partial charge in [0.2, 0.25) is 0 Å². The molecule has 1 aliphatic heterocycles. The Hall–Kier alpha value is -7.42. The molecule has 1 aliphatic carbocycles. The summed E-state index contributed by atoms with van der Waals surface area (Å²) >= 11 is 0. The third-order valence-corrected chi connectivity index (χ3v) is 12.3. The van der Waals surface area contributed by atoms with Crippen LogP contribution in [0.2, 0.25) is 0 Å². The van der Waals surface area contributed by atoms with E-state index in [0.29, 0.717) is 0 Å². The number of benzene rings is 10. The zero-order valence-electron chi connectivity index (χ0n) is 31.1. The second kappa shape index (κ2) is 12.3. The highest BCUT2D eigenvalue weighted by molar-refractivity contribution is 6.10. The van der Waals surface area contributed by atoms with E-state index < -0.39 is 5.41 Å². The van der Waals surface area contributed by atoms with Crippen LogP contribution in [-0.2, 0) is 5.41 Å². The lowest BCUT2D eigenvalue weighted by Gasteiger charge is -2.39. The second-order valence-corrected chi connectivity index (χ2v) is 15.2. The third-order valence-electron chi connectivity index (χ3n) is 12.3. The molecule has 0 radical (unpaired) electrons. The average Bonchev–Trinajstić information content (AvgIpc) is 3.57. The van der Waals surface area contributed by atoms with Crippen molar-refractivity contribution in [2.45, 2.75) is 5.41 Å². The molecule has 2 nitrogen and oxygen atoms in total. The summed E-state index contributed by atoms with van der Waals surface area (Å²) in [5, 5.41) is 7.15. The highest BCUT2D eigenvalue weighted by Crippen LogP contribution is 2.64. The normalized spacial score (nSPS) is 14.9. The first kappa shape index (κ1) is 31.9. The van der Waals surface area contributed by atoms with Crippen molar-refractivity contribution in [2.75, 3.05) is 4.90 Å². The summed E-state index contributed by atoms with van der Waals surface area (Å²) in [6, 6.07) is 77.4. The summed E-state index contributed by atoms with van der Waals surface area (Å²) in [6.45, 7) is 0. The van der Waals surface area contributed by atoms with Crippen molar-refractivity contribution in [3.8, 4) is 33.8 Å². The van der Waals surface area contributed by atoms with Crippen molar-refractivity contribution in [3.05, 3.63) is 235 Å². The van der Waals surface area contributed by atoms with Crippen LogP contribution in [0.15, 0.2) is 212 Å². The minimum atomic E-state index is -0.563. The van der Waals surface area contributed by atoms with Crippen LogP contribution in [0, 0.1) is 0 Å². The summed E-state index contributed by atoms with van der Waals surface area (Å²) in [7, 11) is 0. The summed E-state index contributed by atoms with van der Waals surface area (Å²) in [5.74, 6) is 1.84. The van der Waals surface area contributed by atoms with Gasteiger partial charge >= 0.3 is 0 Å². The fourth-order valence-electron chi connectivity index (χ4n) is 9.93. The molecule has 0 aromatic heterocycles. The van der Waals surface area contributed by atoms with E-state index in [1.54, 1.807) is 0 Å². The number of para-hydroxylation sites is 2. The molecule has 10 aromatic carbocycles. The molecule has 2 aliphatic rings. The minimum absolute atomic E-state index is 0.563. The van der Waals surface area contributed by atoms with Gasteiger partial charge in [-0.3, -0.25) is 0 Å². The van der Waals surface area contributed by atoms with E-state index in [2.05, 4.69) is 217 Å². The Morgan fingerprint density at radius 1 is 0.351 bits per heavy atom. The monoisotopic (exact) mass is 725 g/mol. The van der Waals surface area contributed by atoms with Gasteiger partial charge in [-0.2, -0.15) is 0 Å². The quantitative estimate of drug-likeness (QED) is 0.179. The molecule has 1 heterocycles. The SMILES string of the molecule is c1ccc(N(c2ccc3ccccc3c2)c2ccc(-c3cccc4c3-c3ccccc3C43c4ccccc4Oc4c3ccc3ccccc43)c3ccccc23)cc1. The Bertz CT molecular complexity index is 3240. The van der Waals surface area contributed by atoms with Gasteiger partial charge in [0.25, 0.3) is 0 Å². The molecule has 12 rings (SSSR count). The number of hydrogen-bond donors (Lipinski definition) is 0. The van der Waals surface area contributed by atoms with Gasteiger partial charge in [-0.15, -0.1) is 0 Å². The zero-order chi connectivity index (χ0) is 37.5. The van der Waals surface area contributed by atoms with Crippen LogP contribution in [0.5, 0.6) is 11.5 Å². The summed E-state index contributed by atoms with van der Waals surface area (Å²) in [5.41, 5.74) is 12.7. The van der Waals surface area contributed by atoms with Crippen LogP contribution in [0.1, 0.15) is 22.3 Å². The molecule has 0 saturated carbocycles. The van der Waals surface area contributed by atoms with Crippen LogP contribution in [0.3, 0.4) is 0 Å². The number of fused-ring (bicyclic) bond motifs is 13. The second-order valence-electron chi connectivity index (χ2n) is 15.2. The molecule has 266 valence electrons. The van der Waals surface area contributed by atoms with Crippen molar-refractivity contribution >= 4 is 49.4 Å². The molecule has 0 bridgehead atoms. The minimum Gasteiger partial charge on any atom is -0.456 e. The van der Waals surface area contributed by atoms with E-state index in [4.69, 9.17) is 4.74 Å². The first-order chi connectivity index (χ1) is 28.3. The lowest BCUT2D eigenvalue weighted by Crippen LogP contribution is -2.32. The molecule has 0 amide bonds. The Kier molecular flexibility index (Phi) is 6.88. The molecule has 10 aromatic rings. The summed E-state index contributed by atoms with van der Waals surface area (Å²) in [4.78, 5) is 2.40. The van der Waals surface area contributed by atoms with E-state index in [1.165, 1.54) is 71.4 Å². The first-order valence-corrected chi connectivity index (χ1v) is 19.7. The van der Waals surface area contributed by atoms with Gasteiger partial charge in [-0.25, -0.2) is 0 Å². The largest absolute Gasteiger partial charge is 0.456 e. The average molecular weight is 726 g/mol. The number of anilines is 3. The first-order valence-electron chi connectivity index (χ1n) is 19.7. The van der Waals surface area contributed by atoms with Crippen molar-refractivity contribution in [1.29, 1.82) is 0 Å². The highest BCUT2D eigenvalue weighted by Gasteiger charge is 2.52. The van der Waals surface area contributed by atoms with Gasteiger partial charge in [0, 0.05) is 33.3 Å². The van der Waals surface area contributed by atoms with Crippen LogP contribution >= 0.6 is 0 Å². The van der Waals surface area contributed by atoms with Crippen molar-refractivity contribution in [1.82, 2.24) is 0 Å². The van der Waals surface area contributed by atoms with Crippen LogP contribution in [0.25, 0.3) is 54.6 Å². The zero-order valence-corrected chi connectivity index (χ0v) is 31.1. The Labute approximate surface area is 331 Å². The molecule has 0 saturated heterocycles. The van der Waals surface area contributed by atoms with E-state index in [0.717, 1.165) is 33.9 Å². The third kappa shape index (κ3) is 4.53. The van der Waals surface area contributed by atoms with E-state index >= 15 is 0 Å². The Morgan fingerprint density at radius 2 is 1.00 bits per heavy atom. The van der Waals surface area contributed by atoms with Gasteiger partial charge in [0.05, 0.1) is 11.1 Å². The molecule has 0 fully saturated rings. The van der Waals surface area contributed by atoms with E-state index in [1.807, 2.05) is 0 Å². The van der Waals surface area contributed by atoms with Crippen molar-refractivity contribution < 1.29 is 4.74 Å². The highest BCUT2D eigenvalue weighted by atomic mass is 16.5. The Morgan fingerprint density at radius 3 is 1.88 bits per heavy atom. The Balaban J connectivity index is 1.12. The molecule has 1 spiro atoms. The lowest BCUT2D eigenvalue weighted by atomic mass is 9.65. The molecule has 0 N–H and O–H groups in total. The number of hydrogen-bond acceptors (Lipinski definition) is 2. The predicted octanol–water partition coefficient (Wildman–Crippen LogP) is 14.8. The molecular formula is C55H35NO. The molecule has 57 heavy (non-hydrogen) atoms. The molecule has 1 atom stereocenters. The maximum Gasteiger partial charge on any atom is 0.140 e.